The van der Waals surface area contributed by atoms with Gasteiger partial charge in [-0.1, -0.05) is 95.5 Å². The summed E-state index contributed by atoms with van der Waals surface area (Å²) in [6.07, 6.45) is 4.32. The largest absolute Gasteiger partial charge is 0.317 e. The lowest BCUT2D eigenvalue weighted by atomic mass is 10.1. The second-order valence-electron chi connectivity index (χ2n) is 15.1. The Labute approximate surface area is 338 Å². The molecule has 0 radical (unpaired) electrons. The van der Waals surface area contributed by atoms with E-state index in [-0.39, 0.29) is 0 Å². The summed E-state index contributed by atoms with van der Waals surface area (Å²) in [6, 6.07) is 50.2. The van der Waals surface area contributed by atoms with Crippen LogP contribution in [0.4, 0.5) is 0 Å². The van der Waals surface area contributed by atoms with Crippen LogP contribution < -0.4 is 0 Å². The molecule has 0 amide bonds. The summed E-state index contributed by atoms with van der Waals surface area (Å²) in [5, 5.41) is 9.08. The number of benzene rings is 6. The van der Waals surface area contributed by atoms with Crippen LogP contribution in [0.15, 0.2) is 152 Å². The third-order valence-electron chi connectivity index (χ3n) is 11.8. The van der Waals surface area contributed by atoms with Crippen LogP contribution >= 0.6 is 22.7 Å². The lowest BCUT2D eigenvalue weighted by molar-refractivity contribution is 1.12. The van der Waals surface area contributed by atoms with Crippen molar-refractivity contribution in [2.75, 3.05) is 0 Å². The first-order valence-corrected chi connectivity index (χ1v) is 21.0. The highest BCUT2D eigenvalue weighted by Gasteiger charge is 2.22. The molecule has 0 saturated carbocycles. The van der Waals surface area contributed by atoms with Crippen molar-refractivity contribution in [3.63, 3.8) is 0 Å². The van der Waals surface area contributed by atoms with Crippen LogP contribution in [-0.2, 0) is 0 Å². The lowest BCUT2D eigenvalue weighted by Gasteiger charge is -2.07. The standard InChI is InChI=1S/C49H31N7S2/c1-28-9-7-13-34-36-25-32(53-23-21-30-11-3-5-15-40(30)53)17-19-42(36)55(44(28)34)48-50-38-27-39-47(52-46(38)57-48)58-49(51-39)56-43-20-18-33(54-24-22-31-12-4-6-16-41(31)54)26-37(43)35-14-8-10-29(2)45(35)56/h3-27H,1-2H3. The highest BCUT2D eigenvalue weighted by atomic mass is 32.1. The van der Waals surface area contributed by atoms with Gasteiger partial charge in [0, 0.05) is 45.3 Å². The molecular weight excluding hydrogens is 751 g/mol. The van der Waals surface area contributed by atoms with Gasteiger partial charge in [-0.15, -0.1) is 0 Å². The van der Waals surface area contributed by atoms with Gasteiger partial charge >= 0.3 is 0 Å². The molecule has 58 heavy (non-hydrogen) atoms. The number of aryl methyl sites for hydroxylation is 2. The predicted molar refractivity (Wildman–Crippen MR) is 242 cm³/mol. The Bertz CT molecular complexity index is 3550. The average molecular weight is 782 g/mol. The summed E-state index contributed by atoms with van der Waals surface area (Å²) in [7, 11) is 0. The highest BCUT2D eigenvalue weighted by molar-refractivity contribution is 7.22. The van der Waals surface area contributed by atoms with Gasteiger partial charge in [0.2, 0.25) is 0 Å². The van der Waals surface area contributed by atoms with Crippen LogP contribution in [0.3, 0.4) is 0 Å². The monoisotopic (exact) mass is 781 g/mol. The summed E-state index contributed by atoms with van der Waals surface area (Å²) in [4.78, 5) is 17.6. The van der Waals surface area contributed by atoms with Gasteiger partial charge in [0.1, 0.15) is 20.7 Å². The number of thiazole rings is 2. The number of para-hydroxylation sites is 4. The van der Waals surface area contributed by atoms with Gasteiger partial charge in [0.25, 0.3) is 0 Å². The first-order chi connectivity index (χ1) is 28.6. The summed E-state index contributed by atoms with van der Waals surface area (Å²) in [5.41, 5.74) is 13.4. The quantitative estimate of drug-likeness (QED) is 0.179. The maximum atomic E-state index is 5.27. The Hall–Kier alpha value is -7.07. The minimum absolute atomic E-state index is 0.852. The molecule has 7 nitrogen and oxygen atoms in total. The number of pyridine rings is 1. The number of rotatable bonds is 4. The molecule has 0 N–H and O–H groups in total. The van der Waals surface area contributed by atoms with Crippen molar-refractivity contribution in [2.45, 2.75) is 13.8 Å². The third kappa shape index (κ3) is 4.45. The molecule has 7 heterocycles. The van der Waals surface area contributed by atoms with Gasteiger partial charge in [0.15, 0.2) is 10.3 Å². The van der Waals surface area contributed by atoms with E-state index in [9.17, 15) is 0 Å². The van der Waals surface area contributed by atoms with Crippen LogP contribution in [0.25, 0.3) is 108 Å². The molecule has 0 bridgehead atoms. The van der Waals surface area contributed by atoms with Crippen molar-refractivity contribution in [3.05, 3.63) is 163 Å². The van der Waals surface area contributed by atoms with E-state index in [2.05, 4.69) is 184 Å². The van der Waals surface area contributed by atoms with Gasteiger partial charge < -0.3 is 9.13 Å². The molecular formula is C49H31N7S2. The first-order valence-electron chi connectivity index (χ1n) is 19.4. The Morgan fingerprint density at radius 3 is 1.40 bits per heavy atom. The van der Waals surface area contributed by atoms with E-state index in [0.29, 0.717) is 0 Å². The molecule has 7 aromatic heterocycles. The average Bonchev–Trinajstić information content (AvgIpc) is 4.10. The van der Waals surface area contributed by atoms with Gasteiger partial charge in [-0.3, -0.25) is 9.13 Å². The maximum absolute atomic E-state index is 5.27. The number of nitrogens with zero attached hydrogens (tertiary/aromatic N) is 7. The van der Waals surface area contributed by atoms with E-state index in [1.807, 2.05) is 0 Å². The molecule has 0 spiro atoms. The molecule has 0 aliphatic rings. The van der Waals surface area contributed by atoms with Crippen LogP contribution in [0.2, 0.25) is 0 Å². The maximum Gasteiger partial charge on any atom is 0.197 e. The Balaban J connectivity index is 0.951. The van der Waals surface area contributed by atoms with Crippen LogP contribution in [0.5, 0.6) is 0 Å². The van der Waals surface area contributed by atoms with Crippen molar-refractivity contribution in [2.24, 2.45) is 0 Å². The molecule has 0 aliphatic heterocycles. The highest BCUT2D eigenvalue weighted by Crippen LogP contribution is 2.41. The fourth-order valence-electron chi connectivity index (χ4n) is 9.16. The van der Waals surface area contributed by atoms with Crippen molar-refractivity contribution >= 4 is 109 Å². The Morgan fingerprint density at radius 2 is 0.897 bits per heavy atom. The second-order valence-corrected chi connectivity index (χ2v) is 17.0. The number of hydrogen-bond acceptors (Lipinski definition) is 5. The summed E-state index contributed by atoms with van der Waals surface area (Å²) in [5.74, 6) is 0. The fraction of sp³-hybridized carbons (Fsp3) is 0.0408. The van der Waals surface area contributed by atoms with Crippen molar-refractivity contribution in [3.8, 4) is 21.6 Å². The minimum Gasteiger partial charge on any atom is -0.317 e. The van der Waals surface area contributed by atoms with Crippen LogP contribution in [-0.4, -0.2) is 33.2 Å². The topological polar surface area (TPSA) is 58.4 Å². The van der Waals surface area contributed by atoms with Crippen molar-refractivity contribution in [1.29, 1.82) is 0 Å². The SMILES string of the molecule is Cc1cccc2c3cc(-n4ccc5ccccc54)ccc3n(-c3nc4cc5nc(-n6c7ccc(-n8ccc9ccccc98)cc7c7cccc(C)c76)sc5nc4s3)c12. The van der Waals surface area contributed by atoms with E-state index < -0.39 is 0 Å². The van der Waals surface area contributed by atoms with Crippen LogP contribution in [0.1, 0.15) is 11.1 Å². The van der Waals surface area contributed by atoms with E-state index in [4.69, 9.17) is 15.0 Å². The zero-order valence-electron chi connectivity index (χ0n) is 31.4. The number of hydrogen-bond donors (Lipinski definition) is 0. The molecule has 6 aromatic carbocycles. The normalized spacial score (nSPS) is 12.3. The first kappa shape index (κ1) is 32.1. The number of fused-ring (bicyclic) bond motifs is 10. The summed E-state index contributed by atoms with van der Waals surface area (Å²) in [6.45, 7) is 4.37. The second kappa shape index (κ2) is 11.7. The summed E-state index contributed by atoms with van der Waals surface area (Å²) >= 11 is 3.27. The lowest BCUT2D eigenvalue weighted by Crippen LogP contribution is -1.95. The summed E-state index contributed by atoms with van der Waals surface area (Å²) < 4.78 is 9.18. The molecule has 0 saturated heterocycles. The van der Waals surface area contributed by atoms with E-state index in [1.165, 1.54) is 65.5 Å². The molecule has 13 rings (SSSR count). The molecule has 13 aromatic rings. The molecule has 9 heteroatoms. The van der Waals surface area contributed by atoms with Gasteiger partial charge in [0.05, 0.1) is 33.1 Å². The molecule has 0 aliphatic carbocycles. The molecule has 274 valence electrons. The smallest absolute Gasteiger partial charge is 0.197 e. The zero-order valence-corrected chi connectivity index (χ0v) is 33.0. The van der Waals surface area contributed by atoms with E-state index in [1.54, 1.807) is 22.7 Å². The molecule has 0 fully saturated rings. The Kier molecular flexibility index (Phi) is 6.49. The minimum atomic E-state index is 0.852. The van der Waals surface area contributed by atoms with Gasteiger partial charge in [-0.05, 0) is 102 Å². The Morgan fingerprint density at radius 1 is 0.414 bits per heavy atom. The third-order valence-corrected chi connectivity index (χ3v) is 13.7. The van der Waals surface area contributed by atoms with Crippen molar-refractivity contribution < 1.29 is 0 Å². The fourth-order valence-corrected chi connectivity index (χ4v) is 11.1. The van der Waals surface area contributed by atoms with Gasteiger partial charge in [-0.25, -0.2) is 15.0 Å². The van der Waals surface area contributed by atoms with E-state index in [0.717, 1.165) is 53.4 Å². The predicted octanol–water partition coefficient (Wildman–Crippen LogP) is 13.0. The van der Waals surface area contributed by atoms with E-state index >= 15 is 0 Å². The van der Waals surface area contributed by atoms with Crippen LogP contribution in [0, 0.1) is 13.8 Å². The zero-order chi connectivity index (χ0) is 38.2. The number of aromatic nitrogens is 7. The van der Waals surface area contributed by atoms with Gasteiger partial charge in [-0.2, -0.15) is 0 Å². The molecule has 0 unspecified atom stereocenters. The molecule has 0 atom stereocenters. The van der Waals surface area contributed by atoms with Crippen molar-refractivity contribution in [1.82, 2.24) is 33.2 Å².